The lowest BCUT2D eigenvalue weighted by Gasteiger charge is -2.26. The normalized spacial score (nSPS) is 16.9. The summed E-state index contributed by atoms with van der Waals surface area (Å²) >= 11 is 0. The maximum atomic E-state index is 11.5. The molecule has 1 fully saturated rings. The van der Waals surface area contributed by atoms with Crippen molar-refractivity contribution in [1.29, 1.82) is 0 Å². The second-order valence-corrected chi connectivity index (χ2v) is 5.94. The van der Waals surface area contributed by atoms with Crippen molar-refractivity contribution in [2.24, 2.45) is 0 Å². The van der Waals surface area contributed by atoms with Crippen molar-refractivity contribution in [1.82, 2.24) is 4.90 Å². The molecule has 0 aliphatic carbocycles. The standard InChI is InChI=1S/C17H29NO5/c1-2-3-4-5-7-14(16(19)20)15(17(21)22)8-6-9-18-10-12-23-13-11-18/h2-13H2,1H3,(H,19,20)(H,21,22)/b15-14+. The Morgan fingerprint density at radius 1 is 0.913 bits per heavy atom. The minimum Gasteiger partial charge on any atom is -0.478 e. The van der Waals surface area contributed by atoms with E-state index in [1.165, 1.54) is 0 Å². The highest BCUT2D eigenvalue weighted by molar-refractivity contribution is 5.98. The van der Waals surface area contributed by atoms with Crippen molar-refractivity contribution >= 4 is 11.9 Å². The fraction of sp³-hybridized carbons (Fsp3) is 0.765. The highest BCUT2D eigenvalue weighted by atomic mass is 16.5. The summed E-state index contributed by atoms with van der Waals surface area (Å²) in [5.41, 5.74) is 0.151. The Labute approximate surface area is 138 Å². The number of hydrogen-bond donors (Lipinski definition) is 2. The number of morpholine rings is 1. The molecule has 1 heterocycles. The van der Waals surface area contributed by atoms with Crippen molar-refractivity contribution < 1.29 is 24.5 Å². The monoisotopic (exact) mass is 327 g/mol. The summed E-state index contributed by atoms with van der Waals surface area (Å²) in [5, 5.41) is 18.7. The molecular formula is C17H29NO5. The van der Waals surface area contributed by atoms with Crippen LogP contribution in [0.5, 0.6) is 0 Å². The quantitative estimate of drug-likeness (QED) is 0.448. The second kappa shape index (κ2) is 11.2. The highest BCUT2D eigenvalue weighted by Crippen LogP contribution is 2.19. The number of unbranched alkanes of at least 4 members (excludes halogenated alkanes) is 3. The predicted octanol–water partition coefficient (Wildman–Crippen LogP) is 2.54. The first-order chi connectivity index (χ1) is 11.1. The molecule has 0 spiro atoms. The molecule has 1 aliphatic rings. The van der Waals surface area contributed by atoms with Crippen molar-refractivity contribution in [2.75, 3.05) is 32.8 Å². The van der Waals surface area contributed by atoms with Gasteiger partial charge in [0.1, 0.15) is 0 Å². The number of rotatable bonds is 11. The predicted molar refractivity (Wildman–Crippen MR) is 87.5 cm³/mol. The van der Waals surface area contributed by atoms with Gasteiger partial charge in [0.05, 0.1) is 13.2 Å². The lowest BCUT2D eigenvalue weighted by molar-refractivity contribution is -0.136. The number of aliphatic carboxylic acids is 2. The molecule has 2 N–H and O–H groups in total. The van der Waals surface area contributed by atoms with E-state index < -0.39 is 11.9 Å². The van der Waals surface area contributed by atoms with Crippen LogP contribution in [-0.2, 0) is 14.3 Å². The molecule has 1 saturated heterocycles. The van der Waals surface area contributed by atoms with Crippen molar-refractivity contribution in [3.8, 4) is 0 Å². The minimum atomic E-state index is -1.10. The van der Waals surface area contributed by atoms with Crippen LogP contribution in [-0.4, -0.2) is 59.9 Å². The number of ether oxygens (including phenoxy) is 1. The van der Waals surface area contributed by atoms with Gasteiger partial charge in [-0.2, -0.15) is 0 Å². The van der Waals surface area contributed by atoms with E-state index in [1.807, 2.05) is 0 Å². The molecule has 0 bridgehead atoms. The Balaban J connectivity index is 2.58. The smallest absolute Gasteiger partial charge is 0.332 e. The molecule has 0 atom stereocenters. The summed E-state index contributed by atoms with van der Waals surface area (Å²) in [6.07, 6.45) is 5.09. The van der Waals surface area contributed by atoms with Gasteiger partial charge in [-0.3, -0.25) is 4.90 Å². The van der Waals surface area contributed by atoms with Gasteiger partial charge in [-0.1, -0.05) is 26.2 Å². The van der Waals surface area contributed by atoms with E-state index in [4.69, 9.17) is 4.74 Å². The molecule has 6 nitrogen and oxygen atoms in total. The van der Waals surface area contributed by atoms with E-state index in [0.29, 0.717) is 32.5 Å². The molecule has 23 heavy (non-hydrogen) atoms. The Morgan fingerprint density at radius 3 is 2.00 bits per heavy atom. The molecule has 0 aromatic heterocycles. The molecule has 0 aromatic carbocycles. The third-order valence-corrected chi connectivity index (χ3v) is 4.17. The SMILES string of the molecule is CCCCCC/C(C(=O)O)=C(/CCCN1CCOCC1)C(=O)O. The number of carboxylic acid groups (broad SMARTS) is 2. The number of nitrogens with zero attached hydrogens (tertiary/aromatic N) is 1. The van der Waals surface area contributed by atoms with Crippen LogP contribution in [0.2, 0.25) is 0 Å². The van der Waals surface area contributed by atoms with Crippen LogP contribution in [0.25, 0.3) is 0 Å². The Kier molecular flexibility index (Phi) is 9.55. The summed E-state index contributed by atoms with van der Waals surface area (Å²) < 4.78 is 5.28. The van der Waals surface area contributed by atoms with E-state index in [2.05, 4.69) is 11.8 Å². The van der Waals surface area contributed by atoms with Gasteiger partial charge in [0.2, 0.25) is 0 Å². The summed E-state index contributed by atoms with van der Waals surface area (Å²) in [6, 6.07) is 0. The van der Waals surface area contributed by atoms with Gasteiger partial charge < -0.3 is 14.9 Å². The fourth-order valence-corrected chi connectivity index (χ4v) is 2.81. The van der Waals surface area contributed by atoms with Gasteiger partial charge in [0.15, 0.2) is 0 Å². The molecule has 6 heteroatoms. The number of carbonyl (C=O) groups is 2. The van der Waals surface area contributed by atoms with E-state index in [9.17, 15) is 19.8 Å². The summed E-state index contributed by atoms with van der Waals surface area (Å²) in [6.45, 7) is 5.99. The first kappa shape index (κ1) is 19.6. The van der Waals surface area contributed by atoms with Crippen molar-refractivity contribution in [3.05, 3.63) is 11.1 Å². The summed E-state index contributed by atoms with van der Waals surface area (Å²) in [7, 11) is 0. The number of hydrogen-bond acceptors (Lipinski definition) is 4. The Morgan fingerprint density at radius 2 is 1.48 bits per heavy atom. The molecule has 132 valence electrons. The first-order valence-corrected chi connectivity index (χ1v) is 8.55. The average molecular weight is 327 g/mol. The molecule has 0 radical (unpaired) electrons. The molecule has 1 aliphatic heterocycles. The molecule has 0 amide bonds. The number of carboxylic acids is 2. The highest BCUT2D eigenvalue weighted by Gasteiger charge is 2.20. The van der Waals surface area contributed by atoms with Crippen LogP contribution in [0.1, 0.15) is 51.9 Å². The van der Waals surface area contributed by atoms with Gasteiger partial charge in [0, 0.05) is 24.2 Å². The van der Waals surface area contributed by atoms with Gasteiger partial charge >= 0.3 is 11.9 Å². The van der Waals surface area contributed by atoms with Gasteiger partial charge in [-0.15, -0.1) is 0 Å². The van der Waals surface area contributed by atoms with E-state index in [1.54, 1.807) is 0 Å². The maximum Gasteiger partial charge on any atom is 0.332 e. The summed E-state index contributed by atoms with van der Waals surface area (Å²) in [4.78, 5) is 25.1. The molecular weight excluding hydrogens is 298 g/mol. The average Bonchev–Trinajstić information content (AvgIpc) is 2.53. The van der Waals surface area contributed by atoms with Crippen LogP contribution in [0.4, 0.5) is 0 Å². The zero-order valence-electron chi connectivity index (χ0n) is 14.1. The molecule has 1 rings (SSSR count). The molecule has 0 unspecified atom stereocenters. The Bertz CT molecular complexity index is 413. The van der Waals surface area contributed by atoms with E-state index >= 15 is 0 Å². The van der Waals surface area contributed by atoms with E-state index in [0.717, 1.165) is 45.3 Å². The first-order valence-electron chi connectivity index (χ1n) is 8.55. The zero-order chi connectivity index (χ0) is 17.1. The second-order valence-electron chi connectivity index (χ2n) is 5.94. The van der Waals surface area contributed by atoms with Crippen LogP contribution in [0.3, 0.4) is 0 Å². The van der Waals surface area contributed by atoms with Crippen LogP contribution in [0.15, 0.2) is 11.1 Å². The Hall–Kier alpha value is -1.40. The topological polar surface area (TPSA) is 87.1 Å². The van der Waals surface area contributed by atoms with E-state index in [-0.39, 0.29) is 11.1 Å². The van der Waals surface area contributed by atoms with Gasteiger partial charge in [-0.25, -0.2) is 9.59 Å². The van der Waals surface area contributed by atoms with Crippen molar-refractivity contribution in [2.45, 2.75) is 51.9 Å². The lowest BCUT2D eigenvalue weighted by atomic mass is 9.97. The van der Waals surface area contributed by atoms with Gasteiger partial charge in [0.25, 0.3) is 0 Å². The van der Waals surface area contributed by atoms with Crippen LogP contribution >= 0.6 is 0 Å². The summed E-state index contributed by atoms with van der Waals surface area (Å²) in [5.74, 6) is -2.19. The largest absolute Gasteiger partial charge is 0.478 e. The third-order valence-electron chi connectivity index (χ3n) is 4.17. The lowest BCUT2D eigenvalue weighted by Crippen LogP contribution is -2.36. The molecule has 0 saturated carbocycles. The zero-order valence-corrected chi connectivity index (χ0v) is 14.1. The molecule has 0 aromatic rings. The third kappa shape index (κ3) is 7.61. The van der Waals surface area contributed by atoms with Gasteiger partial charge in [-0.05, 0) is 32.2 Å². The van der Waals surface area contributed by atoms with Crippen LogP contribution < -0.4 is 0 Å². The minimum absolute atomic E-state index is 0.0715. The van der Waals surface area contributed by atoms with Crippen molar-refractivity contribution in [3.63, 3.8) is 0 Å². The maximum absolute atomic E-state index is 11.5. The fourth-order valence-electron chi connectivity index (χ4n) is 2.81. The van der Waals surface area contributed by atoms with Crippen LogP contribution in [0, 0.1) is 0 Å².